The van der Waals surface area contributed by atoms with E-state index in [-0.39, 0.29) is 5.90 Å². The van der Waals surface area contributed by atoms with E-state index in [2.05, 4.69) is 18.2 Å². The summed E-state index contributed by atoms with van der Waals surface area (Å²) in [6.45, 7) is 0. The number of hydrogen-bond acceptors (Lipinski definition) is 7. The molecule has 2 heterocycles. The lowest BCUT2D eigenvalue weighted by atomic mass is 9.52. The first kappa shape index (κ1) is 21.0. The van der Waals surface area contributed by atoms with E-state index < -0.39 is 28.6 Å². The van der Waals surface area contributed by atoms with Crippen molar-refractivity contribution in [3.05, 3.63) is 60.2 Å². The molecule has 0 amide bonds. The molecule has 2 aliphatic heterocycles. The molecule has 0 aromatic heterocycles. The molecule has 1 saturated carbocycles. The number of benzene rings is 2. The fourth-order valence-corrected chi connectivity index (χ4v) is 5.70. The number of nitrogens with one attached hydrogen (secondary N) is 1. The maximum atomic E-state index is 10.4. The van der Waals surface area contributed by atoms with Gasteiger partial charge in [0.05, 0.1) is 24.1 Å². The zero-order valence-corrected chi connectivity index (χ0v) is 18.0. The Morgan fingerprint density at radius 2 is 1.67 bits per heavy atom. The van der Waals surface area contributed by atoms with Crippen LogP contribution in [0.5, 0.6) is 11.5 Å². The fourth-order valence-electron chi connectivity index (χ4n) is 5.70. The van der Waals surface area contributed by atoms with Crippen LogP contribution in [0, 0.1) is 56.2 Å². The van der Waals surface area contributed by atoms with Crippen LogP contribution in [0.4, 0.5) is 0 Å². The van der Waals surface area contributed by atoms with Gasteiger partial charge in [-0.3, -0.25) is 5.41 Å². The van der Waals surface area contributed by atoms with E-state index in [0.717, 1.165) is 19.3 Å². The van der Waals surface area contributed by atoms with Crippen LogP contribution < -0.4 is 4.74 Å². The Morgan fingerprint density at radius 3 is 2.39 bits per heavy atom. The van der Waals surface area contributed by atoms with Crippen LogP contribution in [0.25, 0.3) is 0 Å². The Morgan fingerprint density at radius 1 is 0.909 bits per heavy atom. The molecule has 2 aromatic rings. The first-order valence-electron chi connectivity index (χ1n) is 11.1. The van der Waals surface area contributed by atoms with Gasteiger partial charge in [-0.25, -0.2) is 0 Å². The summed E-state index contributed by atoms with van der Waals surface area (Å²) in [5.41, 5.74) is -3.12. The van der Waals surface area contributed by atoms with Crippen LogP contribution in [0.2, 0.25) is 0 Å². The van der Waals surface area contributed by atoms with Crippen LogP contribution in [0.3, 0.4) is 0 Å². The third-order valence-electron chi connectivity index (χ3n) is 7.21. The van der Waals surface area contributed by atoms with Gasteiger partial charge in [0.15, 0.2) is 5.41 Å². The fraction of sp³-hybridized carbons (Fsp3) is 0.385. The van der Waals surface area contributed by atoms with E-state index in [1.54, 1.807) is 24.3 Å². The summed E-state index contributed by atoms with van der Waals surface area (Å²) in [7, 11) is 0. The monoisotopic (exact) mass is 438 g/mol. The third kappa shape index (κ3) is 2.78. The van der Waals surface area contributed by atoms with Gasteiger partial charge in [-0.15, -0.1) is 0 Å². The Hall–Kier alpha value is -3.86. The second-order valence-corrected chi connectivity index (χ2v) is 8.83. The van der Waals surface area contributed by atoms with Gasteiger partial charge in [-0.2, -0.15) is 15.8 Å². The highest BCUT2D eigenvalue weighted by molar-refractivity contribution is 5.89. The van der Waals surface area contributed by atoms with E-state index >= 15 is 0 Å². The molecule has 1 N–H and O–H groups in total. The normalized spacial score (nSPS) is 31.6. The number of ether oxygens (including phenoxy) is 3. The molecule has 164 valence electrons. The van der Waals surface area contributed by atoms with E-state index in [1.807, 2.05) is 30.3 Å². The predicted octanol–water partition coefficient (Wildman–Crippen LogP) is 5.38. The second-order valence-electron chi connectivity index (χ2n) is 8.83. The molecule has 2 bridgehead atoms. The predicted molar refractivity (Wildman–Crippen MR) is 117 cm³/mol. The van der Waals surface area contributed by atoms with E-state index in [0.29, 0.717) is 29.9 Å². The SMILES string of the molecule is N#CC1(C#N)C(c2cccc(Oc3ccccc3)c2)OC23CCCCCC2C1(C#N)C(=N)O3. The average Bonchev–Trinajstić information content (AvgIpc) is 2.96. The molecule has 7 nitrogen and oxygen atoms in total. The lowest BCUT2D eigenvalue weighted by Crippen LogP contribution is -2.59. The van der Waals surface area contributed by atoms with Crippen molar-refractivity contribution in [1.29, 1.82) is 21.2 Å². The van der Waals surface area contributed by atoms with Crippen molar-refractivity contribution in [3.8, 4) is 29.7 Å². The molecular formula is C26H22N4O3. The summed E-state index contributed by atoms with van der Waals surface area (Å²) in [6, 6.07) is 22.7. The van der Waals surface area contributed by atoms with Crippen molar-refractivity contribution >= 4 is 5.90 Å². The van der Waals surface area contributed by atoms with Crippen molar-refractivity contribution in [2.75, 3.05) is 0 Å². The molecule has 0 spiro atoms. The molecule has 2 aromatic carbocycles. The molecule has 3 fully saturated rings. The molecule has 4 atom stereocenters. The zero-order valence-electron chi connectivity index (χ0n) is 18.0. The Balaban J connectivity index is 1.65. The van der Waals surface area contributed by atoms with Gasteiger partial charge in [0, 0.05) is 6.42 Å². The van der Waals surface area contributed by atoms with Crippen LogP contribution >= 0.6 is 0 Å². The largest absolute Gasteiger partial charge is 0.457 e. The maximum absolute atomic E-state index is 10.4. The highest BCUT2D eigenvalue weighted by atomic mass is 16.7. The Labute approximate surface area is 192 Å². The molecule has 7 heteroatoms. The van der Waals surface area contributed by atoms with Gasteiger partial charge in [0.1, 0.15) is 17.6 Å². The van der Waals surface area contributed by atoms with Gasteiger partial charge in [0.25, 0.3) is 0 Å². The van der Waals surface area contributed by atoms with Crippen LogP contribution in [0.15, 0.2) is 54.6 Å². The minimum atomic E-state index is -1.95. The number of hydrogen-bond donors (Lipinski definition) is 1. The lowest BCUT2D eigenvalue weighted by molar-refractivity contribution is -0.284. The minimum absolute atomic E-state index is 0.334. The topological polar surface area (TPSA) is 123 Å². The quantitative estimate of drug-likeness (QED) is 0.686. The molecule has 4 unspecified atom stereocenters. The highest BCUT2D eigenvalue weighted by Crippen LogP contribution is 2.69. The second kappa shape index (κ2) is 7.62. The molecule has 0 radical (unpaired) electrons. The van der Waals surface area contributed by atoms with Gasteiger partial charge >= 0.3 is 0 Å². The molecule has 2 saturated heterocycles. The van der Waals surface area contributed by atoms with Crippen molar-refractivity contribution in [1.82, 2.24) is 0 Å². The summed E-state index contributed by atoms with van der Waals surface area (Å²) in [4.78, 5) is 0. The van der Waals surface area contributed by atoms with Gasteiger partial charge < -0.3 is 14.2 Å². The molecular weight excluding hydrogens is 416 g/mol. The summed E-state index contributed by atoms with van der Waals surface area (Å²) in [5.74, 6) is -0.917. The van der Waals surface area contributed by atoms with Crippen LogP contribution in [-0.2, 0) is 9.47 Å². The minimum Gasteiger partial charge on any atom is -0.457 e. The summed E-state index contributed by atoms with van der Waals surface area (Å²) in [6.07, 6.45) is 2.58. The Bertz CT molecular complexity index is 1210. The Kier molecular flexibility index (Phi) is 4.85. The van der Waals surface area contributed by atoms with E-state index in [4.69, 9.17) is 19.6 Å². The lowest BCUT2D eigenvalue weighted by Gasteiger charge is -2.49. The summed E-state index contributed by atoms with van der Waals surface area (Å²) < 4.78 is 18.5. The van der Waals surface area contributed by atoms with Gasteiger partial charge in [-0.05, 0) is 42.7 Å². The number of nitrogens with zero attached hydrogens (tertiary/aromatic N) is 3. The maximum Gasteiger partial charge on any atom is 0.217 e. The standard InChI is InChI=1S/C26H22N4O3/c27-15-24(16-28)22(18-8-7-11-20(14-18)31-19-9-3-1-4-10-19)32-26-13-6-2-5-12-21(26)25(24,17-29)23(30)33-26/h1,3-4,7-11,14,21-22,30H,2,5-6,12-13H2. The highest BCUT2D eigenvalue weighted by Gasteiger charge is 2.80. The van der Waals surface area contributed by atoms with Crippen molar-refractivity contribution in [2.24, 2.45) is 16.7 Å². The molecule has 1 aliphatic carbocycles. The van der Waals surface area contributed by atoms with Gasteiger partial charge in [0.2, 0.25) is 17.1 Å². The molecule has 5 rings (SSSR count). The molecule has 3 aliphatic rings. The summed E-state index contributed by atoms with van der Waals surface area (Å²) >= 11 is 0. The number of nitriles is 3. The number of rotatable bonds is 3. The van der Waals surface area contributed by atoms with Crippen molar-refractivity contribution < 1.29 is 14.2 Å². The van der Waals surface area contributed by atoms with Gasteiger partial charge in [-0.1, -0.05) is 43.2 Å². The number of para-hydroxylation sites is 1. The smallest absolute Gasteiger partial charge is 0.217 e. The molecule has 33 heavy (non-hydrogen) atoms. The zero-order chi connectivity index (χ0) is 23.1. The van der Waals surface area contributed by atoms with Crippen molar-refractivity contribution in [3.63, 3.8) is 0 Å². The first-order chi connectivity index (χ1) is 16.0. The summed E-state index contributed by atoms with van der Waals surface area (Å²) in [5, 5.41) is 39.8. The van der Waals surface area contributed by atoms with Crippen LogP contribution in [0.1, 0.15) is 43.8 Å². The first-order valence-corrected chi connectivity index (χ1v) is 11.1. The van der Waals surface area contributed by atoms with E-state index in [9.17, 15) is 15.8 Å². The average molecular weight is 438 g/mol. The third-order valence-corrected chi connectivity index (χ3v) is 7.21. The van der Waals surface area contributed by atoms with Crippen LogP contribution in [-0.4, -0.2) is 11.7 Å². The van der Waals surface area contributed by atoms with Crippen molar-refractivity contribution in [2.45, 2.75) is 44.0 Å². The van der Waals surface area contributed by atoms with E-state index in [1.165, 1.54) is 0 Å².